The number of benzene rings is 3. The Kier molecular flexibility index (Phi) is 9.72. The van der Waals surface area contributed by atoms with Gasteiger partial charge >= 0.3 is 5.97 Å². The lowest BCUT2D eigenvalue weighted by Crippen LogP contribution is -2.23. The average molecular weight is 630 g/mol. The first-order valence-corrected chi connectivity index (χ1v) is 14.1. The average Bonchev–Trinajstić information content (AvgIpc) is 3.16. The summed E-state index contributed by atoms with van der Waals surface area (Å²) in [4.78, 5) is 31.5. The molecule has 1 heterocycles. The third kappa shape index (κ3) is 7.23. The van der Waals surface area contributed by atoms with Crippen LogP contribution >= 0.6 is 39.3 Å². The summed E-state index contributed by atoms with van der Waals surface area (Å²) in [6, 6.07) is 17.9. The van der Waals surface area contributed by atoms with Crippen molar-refractivity contribution in [1.29, 1.82) is 0 Å². The van der Waals surface area contributed by atoms with E-state index in [0.717, 1.165) is 11.1 Å². The molecular formula is C29H26BrClN2O5S. The Morgan fingerprint density at radius 1 is 1.08 bits per heavy atom. The number of hydrogen-bond donors (Lipinski definition) is 0. The second-order valence-corrected chi connectivity index (χ2v) is 10.6. The van der Waals surface area contributed by atoms with Gasteiger partial charge in [0.15, 0.2) is 16.7 Å². The third-order valence-corrected chi connectivity index (χ3v) is 7.39. The predicted molar refractivity (Wildman–Crippen MR) is 159 cm³/mol. The minimum Gasteiger partial charge on any atom is -0.490 e. The summed E-state index contributed by atoms with van der Waals surface area (Å²) in [5.41, 5.74) is 2.76. The first kappa shape index (κ1) is 28.7. The quantitative estimate of drug-likeness (QED) is 0.180. The molecule has 1 saturated heterocycles. The highest BCUT2D eigenvalue weighted by Gasteiger charge is 2.30. The standard InChI is InChI=1S/C29H26BrClN2O5S/c1-4-36-24-15-19(14-23(30)26(24)38-17-18-7-6-8-21(31)13-18)16-25-27(34)33(3)29(39-25)32-22-11-9-20(10-12-22)28(35)37-5-2/h6-16H,4-5,17H2,1-3H3. The van der Waals surface area contributed by atoms with Gasteiger partial charge in [-0.1, -0.05) is 23.7 Å². The molecule has 0 aromatic heterocycles. The number of esters is 1. The van der Waals surface area contributed by atoms with Crippen molar-refractivity contribution in [3.05, 3.63) is 91.8 Å². The highest BCUT2D eigenvalue weighted by atomic mass is 79.9. The molecule has 0 saturated carbocycles. The van der Waals surface area contributed by atoms with Crippen molar-refractivity contribution in [2.75, 3.05) is 20.3 Å². The minimum absolute atomic E-state index is 0.169. The van der Waals surface area contributed by atoms with E-state index in [4.69, 9.17) is 25.8 Å². The Morgan fingerprint density at radius 3 is 2.54 bits per heavy atom. The number of halogens is 2. The lowest BCUT2D eigenvalue weighted by atomic mass is 10.1. The number of aliphatic imine (C=N–C) groups is 1. The van der Waals surface area contributed by atoms with Crippen LogP contribution in [0.4, 0.5) is 5.69 Å². The minimum atomic E-state index is -0.386. The van der Waals surface area contributed by atoms with E-state index in [2.05, 4.69) is 20.9 Å². The van der Waals surface area contributed by atoms with Crippen LogP contribution in [0.5, 0.6) is 11.5 Å². The van der Waals surface area contributed by atoms with Crippen LogP contribution in [-0.4, -0.2) is 42.2 Å². The number of amidine groups is 1. The molecule has 202 valence electrons. The lowest BCUT2D eigenvalue weighted by molar-refractivity contribution is -0.121. The van der Waals surface area contributed by atoms with Crippen LogP contribution in [-0.2, 0) is 16.1 Å². The molecule has 1 amide bonds. The highest BCUT2D eigenvalue weighted by molar-refractivity contribution is 9.10. The van der Waals surface area contributed by atoms with Crippen molar-refractivity contribution in [3.63, 3.8) is 0 Å². The van der Waals surface area contributed by atoms with Gasteiger partial charge in [0, 0.05) is 12.1 Å². The van der Waals surface area contributed by atoms with Crippen LogP contribution in [0.25, 0.3) is 6.08 Å². The van der Waals surface area contributed by atoms with E-state index in [1.165, 1.54) is 16.7 Å². The van der Waals surface area contributed by atoms with Crippen LogP contribution in [0.3, 0.4) is 0 Å². The van der Waals surface area contributed by atoms with Crippen molar-refractivity contribution in [3.8, 4) is 11.5 Å². The number of ether oxygens (including phenoxy) is 3. The van der Waals surface area contributed by atoms with Gasteiger partial charge in [-0.15, -0.1) is 0 Å². The van der Waals surface area contributed by atoms with Gasteiger partial charge < -0.3 is 14.2 Å². The molecule has 0 atom stereocenters. The topological polar surface area (TPSA) is 77.4 Å². The molecule has 1 aliphatic rings. The summed E-state index contributed by atoms with van der Waals surface area (Å²) in [5.74, 6) is 0.565. The monoisotopic (exact) mass is 628 g/mol. The Balaban J connectivity index is 1.55. The Morgan fingerprint density at radius 2 is 1.85 bits per heavy atom. The van der Waals surface area contributed by atoms with E-state index in [1.54, 1.807) is 44.3 Å². The Hall–Kier alpha value is -3.27. The summed E-state index contributed by atoms with van der Waals surface area (Å²) in [5, 5.41) is 1.17. The van der Waals surface area contributed by atoms with Crippen molar-refractivity contribution in [1.82, 2.24) is 4.90 Å². The molecule has 0 aliphatic carbocycles. The third-order valence-electron chi connectivity index (χ3n) is 5.51. The molecule has 3 aromatic rings. The second-order valence-electron chi connectivity index (χ2n) is 8.32. The van der Waals surface area contributed by atoms with E-state index in [9.17, 15) is 9.59 Å². The van der Waals surface area contributed by atoms with Gasteiger partial charge in [-0.2, -0.15) is 0 Å². The van der Waals surface area contributed by atoms with E-state index in [0.29, 0.717) is 62.1 Å². The van der Waals surface area contributed by atoms with Gasteiger partial charge in [0.1, 0.15) is 6.61 Å². The fourth-order valence-electron chi connectivity index (χ4n) is 3.66. The maximum atomic E-state index is 13.0. The Labute approximate surface area is 244 Å². The summed E-state index contributed by atoms with van der Waals surface area (Å²) >= 11 is 11.0. The van der Waals surface area contributed by atoms with Gasteiger partial charge in [-0.05, 0) is 107 Å². The highest BCUT2D eigenvalue weighted by Crippen LogP contribution is 2.40. The molecule has 0 spiro atoms. The first-order chi connectivity index (χ1) is 18.8. The smallest absolute Gasteiger partial charge is 0.338 e. The molecule has 4 rings (SSSR count). The molecule has 7 nitrogen and oxygen atoms in total. The van der Waals surface area contributed by atoms with E-state index in [1.807, 2.05) is 43.3 Å². The zero-order valence-electron chi connectivity index (χ0n) is 21.6. The molecule has 0 N–H and O–H groups in total. The van der Waals surface area contributed by atoms with Gasteiger partial charge in [-0.3, -0.25) is 9.69 Å². The largest absolute Gasteiger partial charge is 0.490 e. The number of rotatable bonds is 9. The lowest BCUT2D eigenvalue weighted by Gasteiger charge is -2.15. The van der Waals surface area contributed by atoms with E-state index < -0.39 is 0 Å². The molecule has 0 bridgehead atoms. The van der Waals surface area contributed by atoms with Crippen LogP contribution in [0.15, 0.2) is 75.0 Å². The molecule has 0 radical (unpaired) electrons. The summed E-state index contributed by atoms with van der Waals surface area (Å²) in [7, 11) is 1.68. The second kappa shape index (κ2) is 13.2. The maximum Gasteiger partial charge on any atom is 0.338 e. The van der Waals surface area contributed by atoms with Gasteiger partial charge in [0.05, 0.1) is 33.8 Å². The Bertz CT molecular complexity index is 1440. The summed E-state index contributed by atoms with van der Waals surface area (Å²) < 4.78 is 17.6. The summed E-state index contributed by atoms with van der Waals surface area (Å²) in [6.45, 7) is 4.73. The zero-order valence-corrected chi connectivity index (χ0v) is 24.7. The van der Waals surface area contributed by atoms with Crippen molar-refractivity contribution in [2.24, 2.45) is 4.99 Å². The number of carbonyl (C=O) groups is 2. The maximum absolute atomic E-state index is 13.0. The summed E-state index contributed by atoms with van der Waals surface area (Å²) in [6.07, 6.45) is 1.80. The predicted octanol–water partition coefficient (Wildman–Crippen LogP) is 7.49. The van der Waals surface area contributed by atoms with Crippen LogP contribution in [0, 0.1) is 0 Å². The van der Waals surface area contributed by atoms with Crippen molar-refractivity contribution < 1.29 is 23.8 Å². The van der Waals surface area contributed by atoms with Crippen LogP contribution in [0.1, 0.15) is 35.3 Å². The van der Waals surface area contributed by atoms with Crippen molar-refractivity contribution in [2.45, 2.75) is 20.5 Å². The van der Waals surface area contributed by atoms with Gasteiger partial charge in [0.2, 0.25) is 0 Å². The fourth-order valence-corrected chi connectivity index (χ4v) is 5.43. The van der Waals surface area contributed by atoms with Gasteiger partial charge in [0.25, 0.3) is 5.91 Å². The van der Waals surface area contributed by atoms with Crippen molar-refractivity contribution >= 4 is 68.1 Å². The number of carbonyl (C=O) groups excluding carboxylic acids is 2. The van der Waals surface area contributed by atoms with E-state index in [-0.39, 0.29) is 11.9 Å². The molecule has 3 aromatic carbocycles. The van der Waals surface area contributed by atoms with E-state index >= 15 is 0 Å². The fraction of sp³-hybridized carbons (Fsp3) is 0.207. The van der Waals surface area contributed by atoms with Crippen LogP contribution in [0.2, 0.25) is 5.02 Å². The molecular weight excluding hydrogens is 604 g/mol. The number of thioether (sulfide) groups is 1. The molecule has 39 heavy (non-hydrogen) atoms. The molecule has 10 heteroatoms. The normalized spacial score (nSPS) is 15.2. The number of hydrogen-bond acceptors (Lipinski definition) is 7. The first-order valence-electron chi connectivity index (χ1n) is 12.2. The number of amides is 1. The molecule has 0 unspecified atom stereocenters. The molecule has 1 fully saturated rings. The van der Waals surface area contributed by atoms with Gasteiger partial charge in [-0.25, -0.2) is 9.79 Å². The number of nitrogens with zero attached hydrogens (tertiary/aromatic N) is 2. The SMILES string of the molecule is CCOC(=O)c1ccc(N=C2SC(=Cc3cc(Br)c(OCc4cccc(Cl)c4)c(OCC)c3)C(=O)N2C)cc1. The van der Waals surface area contributed by atoms with Crippen LogP contribution < -0.4 is 9.47 Å². The zero-order chi connectivity index (χ0) is 27.9. The number of likely N-dealkylation sites (N-methyl/N-ethyl adjacent to an activating group) is 1. The molecule has 1 aliphatic heterocycles.